The molecular formula is C36H42FN9O4. The summed E-state index contributed by atoms with van der Waals surface area (Å²) < 4.78 is 28.7. The lowest BCUT2D eigenvalue weighted by Crippen LogP contribution is -2.43. The second-order valence-corrected chi connectivity index (χ2v) is 12.7. The summed E-state index contributed by atoms with van der Waals surface area (Å²) in [5.41, 5.74) is 6.60. The third-order valence-electron chi connectivity index (χ3n) is 8.76. The molecular weight excluding hydrogens is 641 g/mol. The summed E-state index contributed by atoms with van der Waals surface area (Å²) in [5, 5.41) is 7.85. The predicted octanol–water partition coefficient (Wildman–Crippen LogP) is 4.66. The number of ether oxygens (including phenoxy) is 2. The molecule has 262 valence electrons. The van der Waals surface area contributed by atoms with E-state index in [4.69, 9.17) is 26.9 Å². The van der Waals surface area contributed by atoms with Gasteiger partial charge in [0.15, 0.2) is 5.65 Å². The van der Waals surface area contributed by atoms with Crippen molar-refractivity contribution in [1.29, 1.82) is 0 Å². The van der Waals surface area contributed by atoms with Gasteiger partial charge in [0.1, 0.15) is 35.2 Å². The van der Waals surface area contributed by atoms with Crippen LogP contribution in [-0.2, 0) is 20.9 Å². The van der Waals surface area contributed by atoms with Crippen LogP contribution in [0.3, 0.4) is 0 Å². The maximum absolute atomic E-state index is 15.6. The van der Waals surface area contributed by atoms with Gasteiger partial charge >= 0.3 is 0 Å². The van der Waals surface area contributed by atoms with Crippen LogP contribution in [0, 0.1) is 12.4 Å². The molecule has 0 bridgehead atoms. The Morgan fingerprint density at radius 2 is 1.96 bits per heavy atom. The molecule has 1 fully saturated rings. The van der Waals surface area contributed by atoms with Crippen LogP contribution in [0.15, 0.2) is 66.6 Å². The van der Waals surface area contributed by atoms with Gasteiger partial charge < -0.3 is 25.4 Å². The van der Waals surface area contributed by atoms with Gasteiger partial charge in [-0.1, -0.05) is 24.3 Å². The first kappa shape index (κ1) is 35.9. The zero-order valence-electron chi connectivity index (χ0n) is 28.7. The molecule has 2 amide bonds. The number of anilines is 1. The summed E-state index contributed by atoms with van der Waals surface area (Å²) in [6.07, 6.45) is 4.46. The van der Waals surface area contributed by atoms with Crippen molar-refractivity contribution in [1.82, 2.24) is 34.9 Å². The number of nitrogens with zero attached hydrogens (tertiary/aromatic N) is 7. The fourth-order valence-electron chi connectivity index (χ4n) is 5.84. The molecule has 13 nitrogen and oxygen atoms in total. The number of aromatic nitrogens is 4. The number of likely N-dealkylation sites (tertiary alicyclic amines) is 1. The molecule has 5 rings (SSSR count). The van der Waals surface area contributed by atoms with E-state index in [1.807, 2.05) is 44.0 Å². The van der Waals surface area contributed by atoms with Gasteiger partial charge in [-0.2, -0.15) is 5.10 Å². The molecule has 0 aliphatic carbocycles. The molecule has 1 aliphatic rings. The zero-order chi connectivity index (χ0) is 35.8. The van der Waals surface area contributed by atoms with E-state index in [9.17, 15) is 9.59 Å². The van der Waals surface area contributed by atoms with E-state index in [-0.39, 0.29) is 47.2 Å². The minimum Gasteiger partial charge on any atom is -0.457 e. The standard InChI is InChI=1S/C36H42FN9O4/c1-24(47)40-15-18-49-19-17-44(5)36(2,3)21-30(39-4)35(48)45-16-9-10-25(45)22-46-34-31(33(38)41-23-42-34)32(43-46)28-14-13-27(20-29(28)37)50-26-11-7-6-8-12-26/h6-8,11-14,20-21,23,25H,9-10,15-19,22H2,1-3,5H3,(H,40,47)(H2,38,41,42)/b30-21-/t25-/m0/s1. The highest BCUT2D eigenvalue weighted by Gasteiger charge is 2.34. The summed E-state index contributed by atoms with van der Waals surface area (Å²) in [6, 6.07) is 13.3. The number of hydrogen-bond donors (Lipinski definition) is 2. The number of nitrogens with one attached hydrogen (secondary N) is 1. The lowest BCUT2D eigenvalue weighted by atomic mass is 10.0. The lowest BCUT2D eigenvalue weighted by molar-refractivity contribution is -0.128. The number of hydrogen-bond acceptors (Lipinski definition) is 9. The molecule has 14 heteroatoms. The van der Waals surface area contributed by atoms with Crippen molar-refractivity contribution in [2.24, 2.45) is 0 Å². The number of carbonyl (C=O) groups is 2. The Hall–Kier alpha value is -5.39. The van der Waals surface area contributed by atoms with Crippen molar-refractivity contribution in [2.45, 2.75) is 51.7 Å². The number of nitrogens with two attached hydrogens (primary N) is 1. The van der Waals surface area contributed by atoms with Crippen LogP contribution >= 0.6 is 0 Å². The summed E-state index contributed by atoms with van der Waals surface area (Å²) in [6.45, 7) is 15.7. The Morgan fingerprint density at radius 3 is 2.68 bits per heavy atom. The van der Waals surface area contributed by atoms with E-state index in [0.717, 1.165) is 6.42 Å². The number of para-hydroxylation sites is 1. The van der Waals surface area contributed by atoms with Gasteiger partial charge in [0.05, 0.1) is 37.8 Å². The molecule has 3 heterocycles. The van der Waals surface area contributed by atoms with Gasteiger partial charge in [0.2, 0.25) is 11.6 Å². The molecule has 0 spiro atoms. The van der Waals surface area contributed by atoms with E-state index in [2.05, 4.69) is 20.1 Å². The first-order valence-electron chi connectivity index (χ1n) is 16.4. The number of amides is 2. The number of rotatable bonds is 14. The Bertz CT molecular complexity index is 1900. The van der Waals surface area contributed by atoms with Crippen molar-refractivity contribution in [3.63, 3.8) is 0 Å². The van der Waals surface area contributed by atoms with Gasteiger partial charge in [-0.05, 0) is 58.0 Å². The summed E-state index contributed by atoms with van der Waals surface area (Å²) in [5.74, 6) is 0.0405. The molecule has 2 aromatic heterocycles. The van der Waals surface area contributed by atoms with E-state index in [0.29, 0.717) is 61.8 Å². The third-order valence-corrected chi connectivity index (χ3v) is 8.76. The summed E-state index contributed by atoms with van der Waals surface area (Å²) >= 11 is 0. The van der Waals surface area contributed by atoms with Crippen molar-refractivity contribution >= 4 is 28.7 Å². The van der Waals surface area contributed by atoms with Crippen molar-refractivity contribution in [3.8, 4) is 22.8 Å². The third kappa shape index (κ3) is 8.42. The highest BCUT2D eigenvalue weighted by atomic mass is 19.1. The average molecular weight is 684 g/mol. The number of likely N-dealkylation sites (N-methyl/N-ethyl adjacent to an activating group) is 1. The molecule has 2 aromatic carbocycles. The fraction of sp³-hybridized carbons (Fsp3) is 0.389. The SMILES string of the molecule is [C-]#[N+]/C(=C\C(C)(C)N(C)CCOCCNC(C)=O)C(=O)N1CCC[C@H]1Cn1nc(-c2ccc(Oc3ccccc3)cc2F)c2c(N)ncnc21. The van der Waals surface area contributed by atoms with Crippen LogP contribution in [0.5, 0.6) is 11.5 Å². The highest BCUT2D eigenvalue weighted by Crippen LogP contribution is 2.35. The first-order chi connectivity index (χ1) is 24.0. The first-order valence-corrected chi connectivity index (χ1v) is 16.4. The van der Waals surface area contributed by atoms with Gasteiger partial charge in [-0.15, -0.1) is 0 Å². The van der Waals surface area contributed by atoms with Crippen LogP contribution in [0.1, 0.15) is 33.6 Å². The Kier molecular flexibility index (Phi) is 11.4. The summed E-state index contributed by atoms with van der Waals surface area (Å²) in [4.78, 5) is 40.8. The fourth-order valence-corrected chi connectivity index (χ4v) is 5.84. The smallest absolute Gasteiger partial charge is 0.252 e. The second kappa shape index (κ2) is 15.9. The van der Waals surface area contributed by atoms with Crippen LogP contribution in [0.25, 0.3) is 27.1 Å². The van der Waals surface area contributed by atoms with E-state index >= 15 is 4.39 Å². The van der Waals surface area contributed by atoms with Crippen LogP contribution in [-0.4, -0.2) is 92.8 Å². The highest BCUT2D eigenvalue weighted by molar-refractivity contribution is 5.98. The van der Waals surface area contributed by atoms with Crippen molar-refractivity contribution in [3.05, 3.63) is 83.9 Å². The number of fused-ring (bicyclic) bond motifs is 1. The number of carbonyl (C=O) groups excluding carboxylic acids is 2. The van der Waals surface area contributed by atoms with Gasteiger partial charge in [-0.25, -0.2) is 23.9 Å². The molecule has 1 atom stereocenters. The largest absolute Gasteiger partial charge is 0.457 e. The molecule has 1 aliphatic heterocycles. The molecule has 50 heavy (non-hydrogen) atoms. The van der Waals surface area contributed by atoms with Crippen molar-refractivity contribution in [2.75, 3.05) is 45.6 Å². The Labute approximate surface area is 290 Å². The molecule has 0 radical (unpaired) electrons. The quantitative estimate of drug-likeness (QED) is 0.110. The number of halogens is 1. The molecule has 0 unspecified atom stereocenters. The topological polar surface area (TPSA) is 145 Å². The maximum atomic E-state index is 15.6. The zero-order valence-corrected chi connectivity index (χ0v) is 28.7. The molecule has 1 saturated heterocycles. The summed E-state index contributed by atoms with van der Waals surface area (Å²) in [7, 11) is 1.90. The van der Waals surface area contributed by atoms with Crippen LogP contribution in [0.2, 0.25) is 0 Å². The minimum atomic E-state index is -0.626. The van der Waals surface area contributed by atoms with Gasteiger partial charge in [0.25, 0.3) is 5.91 Å². The van der Waals surface area contributed by atoms with E-state index < -0.39 is 11.4 Å². The maximum Gasteiger partial charge on any atom is 0.252 e. The van der Waals surface area contributed by atoms with E-state index in [1.165, 1.54) is 19.3 Å². The monoisotopic (exact) mass is 683 g/mol. The van der Waals surface area contributed by atoms with E-state index in [1.54, 1.807) is 39.9 Å². The average Bonchev–Trinajstić information content (AvgIpc) is 3.70. The normalized spacial score (nSPS) is 15.0. The van der Waals surface area contributed by atoms with Gasteiger partial charge in [-0.3, -0.25) is 14.5 Å². The van der Waals surface area contributed by atoms with Crippen LogP contribution < -0.4 is 15.8 Å². The molecule has 0 saturated carbocycles. The predicted molar refractivity (Wildman–Crippen MR) is 187 cm³/mol. The van der Waals surface area contributed by atoms with Gasteiger partial charge in [0, 0.05) is 43.7 Å². The Balaban J connectivity index is 1.33. The molecule has 3 N–H and O–H groups in total. The number of benzene rings is 2. The number of nitrogen functional groups attached to an aromatic ring is 1. The minimum absolute atomic E-state index is 0.0257. The Morgan fingerprint density at radius 1 is 1.18 bits per heavy atom. The van der Waals surface area contributed by atoms with Crippen molar-refractivity contribution < 1.29 is 23.5 Å². The molecule has 4 aromatic rings. The second-order valence-electron chi connectivity index (χ2n) is 12.7. The lowest BCUT2D eigenvalue weighted by Gasteiger charge is -2.34. The van der Waals surface area contributed by atoms with Crippen LogP contribution in [0.4, 0.5) is 10.2 Å².